The molecule has 5 nitrogen and oxygen atoms in total. The number of rotatable bonds is 5. The largest absolute Gasteiger partial charge is 0.496 e. The summed E-state index contributed by atoms with van der Waals surface area (Å²) in [4.78, 5) is 15.9. The summed E-state index contributed by atoms with van der Waals surface area (Å²) in [5, 5.41) is 12.5. The van der Waals surface area contributed by atoms with Crippen LogP contribution in [0.3, 0.4) is 0 Å². The van der Waals surface area contributed by atoms with E-state index in [0.29, 0.717) is 28.4 Å². The van der Waals surface area contributed by atoms with E-state index in [9.17, 15) is 14.3 Å². The number of benzene rings is 2. The number of halogens is 1. The van der Waals surface area contributed by atoms with E-state index in [4.69, 9.17) is 4.74 Å². The highest BCUT2D eigenvalue weighted by atomic mass is 19.1. The van der Waals surface area contributed by atoms with Gasteiger partial charge in [0, 0.05) is 5.56 Å². The molecule has 2 aromatic carbocycles. The van der Waals surface area contributed by atoms with E-state index in [1.54, 1.807) is 24.4 Å². The fourth-order valence-corrected chi connectivity index (χ4v) is 2.89. The summed E-state index contributed by atoms with van der Waals surface area (Å²) in [7, 11) is 1.52. The highest BCUT2D eigenvalue weighted by molar-refractivity contribution is 5.95. The molecule has 0 fully saturated rings. The van der Waals surface area contributed by atoms with Gasteiger partial charge in [0.25, 0.3) is 0 Å². The number of carbonyl (C=O) groups is 1. The van der Waals surface area contributed by atoms with Crippen LogP contribution >= 0.6 is 0 Å². The second kappa shape index (κ2) is 7.45. The van der Waals surface area contributed by atoms with Crippen molar-refractivity contribution in [2.45, 2.75) is 13.8 Å². The molecule has 3 rings (SSSR count). The number of pyridine rings is 1. The van der Waals surface area contributed by atoms with Gasteiger partial charge in [0.1, 0.15) is 11.6 Å². The van der Waals surface area contributed by atoms with Crippen molar-refractivity contribution < 1.29 is 19.0 Å². The molecule has 27 heavy (non-hydrogen) atoms. The Hall–Kier alpha value is -3.41. The second-order valence-corrected chi connectivity index (χ2v) is 6.21. The van der Waals surface area contributed by atoms with Gasteiger partial charge in [-0.15, -0.1) is 0 Å². The minimum absolute atomic E-state index is 0.184. The second-order valence-electron chi connectivity index (χ2n) is 6.21. The molecule has 0 aliphatic rings. The number of nitrogens with zero attached hydrogens (tertiary/aromatic N) is 1. The van der Waals surface area contributed by atoms with Crippen LogP contribution in [-0.4, -0.2) is 23.2 Å². The van der Waals surface area contributed by atoms with Crippen molar-refractivity contribution in [2.24, 2.45) is 0 Å². The zero-order valence-electron chi connectivity index (χ0n) is 15.2. The van der Waals surface area contributed by atoms with Crippen LogP contribution in [0.15, 0.2) is 48.7 Å². The summed E-state index contributed by atoms with van der Waals surface area (Å²) < 4.78 is 19.0. The number of anilines is 2. The molecular weight excluding hydrogens is 347 g/mol. The average molecular weight is 366 g/mol. The molecule has 0 spiro atoms. The van der Waals surface area contributed by atoms with Crippen molar-refractivity contribution in [1.29, 1.82) is 0 Å². The minimum atomic E-state index is -1.01. The Morgan fingerprint density at radius 3 is 2.59 bits per heavy atom. The number of aryl methyl sites for hydroxylation is 2. The van der Waals surface area contributed by atoms with E-state index >= 15 is 0 Å². The lowest BCUT2D eigenvalue weighted by Crippen LogP contribution is -2.04. The van der Waals surface area contributed by atoms with Crippen molar-refractivity contribution in [3.63, 3.8) is 0 Å². The Morgan fingerprint density at radius 2 is 1.93 bits per heavy atom. The van der Waals surface area contributed by atoms with Crippen molar-refractivity contribution in [3.05, 3.63) is 71.2 Å². The summed E-state index contributed by atoms with van der Waals surface area (Å²) in [5.74, 6) is -0.855. The third-order valence-electron chi connectivity index (χ3n) is 4.18. The number of hydrogen-bond donors (Lipinski definition) is 2. The van der Waals surface area contributed by atoms with Gasteiger partial charge < -0.3 is 15.2 Å². The molecule has 0 aliphatic carbocycles. The smallest absolute Gasteiger partial charge is 0.337 e. The number of methoxy groups -OCH3 is 1. The lowest BCUT2D eigenvalue weighted by Gasteiger charge is -2.14. The molecule has 0 radical (unpaired) electrons. The summed E-state index contributed by atoms with van der Waals surface area (Å²) >= 11 is 0. The molecule has 1 aromatic heterocycles. The summed E-state index contributed by atoms with van der Waals surface area (Å²) in [6.07, 6.45) is 1.58. The molecular formula is C21H19FN2O3. The van der Waals surface area contributed by atoms with E-state index in [-0.39, 0.29) is 11.4 Å². The molecule has 1 heterocycles. The topological polar surface area (TPSA) is 71.5 Å². The zero-order valence-corrected chi connectivity index (χ0v) is 15.2. The van der Waals surface area contributed by atoms with Crippen LogP contribution in [-0.2, 0) is 0 Å². The third-order valence-corrected chi connectivity index (χ3v) is 4.18. The van der Waals surface area contributed by atoms with E-state index in [1.807, 2.05) is 26.0 Å². The van der Waals surface area contributed by atoms with Gasteiger partial charge in [-0.1, -0.05) is 11.6 Å². The number of carboxylic acids is 1. The zero-order chi connectivity index (χ0) is 19.6. The van der Waals surface area contributed by atoms with Gasteiger partial charge in [0.15, 0.2) is 0 Å². The highest BCUT2D eigenvalue weighted by Gasteiger charge is 2.14. The Morgan fingerprint density at radius 1 is 1.15 bits per heavy atom. The predicted octanol–water partition coefficient (Wildman–Crippen LogP) is 4.95. The van der Waals surface area contributed by atoms with E-state index in [1.165, 1.54) is 19.2 Å². The Labute approximate surface area is 156 Å². The normalized spacial score (nSPS) is 10.5. The van der Waals surface area contributed by atoms with Crippen LogP contribution in [0.5, 0.6) is 5.75 Å². The fraction of sp³-hybridized carbons (Fsp3) is 0.143. The Kier molecular flexibility index (Phi) is 5.07. The summed E-state index contributed by atoms with van der Waals surface area (Å²) in [5.41, 5.74) is 4.11. The predicted molar refractivity (Wildman–Crippen MR) is 102 cm³/mol. The van der Waals surface area contributed by atoms with Crippen molar-refractivity contribution in [2.75, 3.05) is 12.4 Å². The first-order chi connectivity index (χ1) is 12.9. The quantitative estimate of drug-likeness (QED) is 0.668. The minimum Gasteiger partial charge on any atom is -0.496 e. The molecule has 6 heteroatoms. The van der Waals surface area contributed by atoms with Crippen LogP contribution in [0.25, 0.3) is 11.3 Å². The van der Waals surface area contributed by atoms with Crippen LogP contribution < -0.4 is 10.1 Å². The SMILES string of the molecule is COc1ccc(F)cc1-c1ncc(Nc2ccc(C)cc2C(=O)O)cc1C. The monoisotopic (exact) mass is 366 g/mol. The maximum absolute atomic E-state index is 13.7. The van der Waals surface area contributed by atoms with Crippen LogP contribution in [0.1, 0.15) is 21.5 Å². The molecule has 0 atom stereocenters. The molecule has 138 valence electrons. The molecule has 3 aromatic rings. The first-order valence-electron chi connectivity index (χ1n) is 8.30. The van der Waals surface area contributed by atoms with Gasteiger partial charge in [0.2, 0.25) is 0 Å². The van der Waals surface area contributed by atoms with Crippen molar-refractivity contribution in [1.82, 2.24) is 4.98 Å². The van der Waals surface area contributed by atoms with E-state index in [0.717, 1.165) is 11.1 Å². The Bertz CT molecular complexity index is 1020. The third kappa shape index (κ3) is 3.89. The lowest BCUT2D eigenvalue weighted by atomic mass is 10.0. The first kappa shape index (κ1) is 18.4. The van der Waals surface area contributed by atoms with E-state index in [2.05, 4.69) is 10.3 Å². The molecule has 0 unspecified atom stereocenters. The standard InChI is InChI=1S/C21H19FN2O3/c1-12-4-6-18(16(8-12)21(25)26)24-15-9-13(2)20(23-11-15)17-10-14(22)5-7-19(17)27-3/h4-11,24H,1-3H3,(H,25,26). The Balaban J connectivity index is 1.97. The molecule has 2 N–H and O–H groups in total. The van der Waals surface area contributed by atoms with Gasteiger partial charge in [-0.2, -0.15) is 0 Å². The number of hydrogen-bond acceptors (Lipinski definition) is 4. The lowest BCUT2D eigenvalue weighted by molar-refractivity contribution is 0.0698. The first-order valence-corrected chi connectivity index (χ1v) is 8.30. The van der Waals surface area contributed by atoms with Gasteiger partial charge in [-0.3, -0.25) is 4.98 Å². The van der Waals surface area contributed by atoms with Gasteiger partial charge in [-0.25, -0.2) is 9.18 Å². The highest BCUT2D eigenvalue weighted by Crippen LogP contribution is 2.33. The number of aromatic nitrogens is 1. The van der Waals surface area contributed by atoms with Crippen LogP contribution in [0, 0.1) is 19.7 Å². The van der Waals surface area contributed by atoms with Crippen molar-refractivity contribution >= 4 is 17.3 Å². The summed E-state index contributed by atoms with van der Waals surface area (Å²) in [6, 6.07) is 11.3. The molecule has 0 saturated heterocycles. The van der Waals surface area contributed by atoms with Crippen LogP contribution in [0.4, 0.5) is 15.8 Å². The number of nitrogens with one attached hydrogen (secondary N) is 1. The maximum atomic E-state index is 13.7. The molecule has 0 bridgehead atoms. The number of carboxylic acid groups (broad SMARTS) is 1. The number of aromatic carboxylic acids is 1. The van der Waals surface area contributed by atoms with Crippen LogP contribution in [0.2, 0.25) is 0 Å². The molecule has 0 saturated carbocycles. The average Bonchev–Trinajstić information content (AvgIpc) is 2.63. The summed E-state index contributed by atoms with van der Waals surface area (Å²) in [6.45, 7) is 3.69. The molecule has 0 amide bonds. The van der Waals surface area contributed by atoms with Gasteiger partial charge in [-0.05, 0) is 55.8 Å². The van der Waals surface area contributed by atoms with Crippen molar-refractivity contribution in [3.8, 4) is 17.0 Å². The molecule has 0 aliphatic heterocycles. The van der Waals surface area contributed by atoms with Gasteiger partial charge >= 0.3 is 5.97 Å². The maximum Gasteiger partial charge on any atom is 0.337 e. The van der Waals surface area contributed by atoms with E-state index < -0.39 is 5.97 Å². The fourth-order valence-electron chi connectivity index (χ4n) is 2.89. The van der Waals surface area contributed by atoms with Gasteiger partial charge in [0.05, 0.1) is 35.9 Å². The number of ether oxygens (including phenoxy) is 1.